The molecule has 2 amide bonds. The lowest BCUT2D eigenvalue weighted by atomic mass is 9.90. The van der Waals surface area contributed by atoms with Gasteiger partial charge in [-0.15, -0.1) is 11.3 Å². The molecule has 0 spiro atoms. The Morgan fingerprint density at radius 3 is 2.43 bits per heavy atom. The molecular weight excluding hydrogens is 476 g/mol. The summed E-state index contributed by atoms with van der Waals surface area (Å²) in [6, 6.07) is 18.4. The van der Waals surface area contributed by atoms with E-state index in [4.69, 9.17) is 0 Å². The maximum absolute atomic E-state index is 13.9. The van der Waals surface area contributed by atoms with Crippen molar-refractivity contribution in [2.24, 2.45) is 0 Å². The second-order valence-electron chi connectivity index (χ2n) is 10.1. The smallest absolute Gasteiger partial charge is 0.254 e. The summed E-state index contributed by atoms with van der Waals surface area (Å²) in [5, 5.41) is 2.13. The van der Waals surface area contributed by atoms with Gasteiger partial charge in [0.05, 0.1) is 6.04 Å². The molecule has 1 aromatic heterocycles. The lowest BCUT2D eigenvalue weighted by molar-refractivity contribution is -0.134. The Kier molecular flexibility index (Phi) is 9.56. The fourth-order valence-electron chi connectivity index (χ4n) is 5.25. The molecule has 196 valence electrons. The zero-order valence-corrected chi connectivity index (χ0v) is 23.4. The highest BCUT2D eigenvalue weighted by molar-refractivity contribution is 7.10. The van der Waals surface area contributed by atoms with Gasteiger partial charge in [-0.2, -0.15) is 0 Å². The molecule has 4 rings (SSSR count). The summed E-state index contributed by atoms with van der Waals surface area (Å²) in [5.41, 5.74) is 5.51. The molecule has 0 fully saturated rings. The van der Waals surface area contributed by atoms with Gasteiger partial charge in [-0.25, -0.2) is 0 Å². The Labute approximate surface area is 226 Å². The summed E-state index contributed by atoms with van der Waals surface area (Å²) in [6.45, 7) is 7.81. The van der Waals surface area contributed by atoms with E-state index < -0.39 is 0 Å². The molecule has 37 heavy (non-hydrogen) atoms. The first kappa shape index (κ1) is 27.1. The van der Waals surface area contributed by atoms with Crippen LogP contribution in [0.3, 0.4) is 0 Å². The van der Waals surface area contributed by atoms with Crippen LogP contribution in [0.5, 0.6) is 0 Å². The first-order valence-electron chi connectivity index (χ1n) is 13.8. The van der Waals surface area contributed by atoms with Crippen LogP contribution >= 0.6 is 11.3 Å². The van der Waals surface area contributed by atoms with E-state index in [1.807, 2.05) is 23.1 Å². The number of hydrogen-bond donors (Lipinski definition) is 0. The van der Waals surface area contributed by atoms with Crippen LogP contribution in [0.2, 0.25) is 0 Å². The van der Waals surface area contributed by atoms with Gasteiger partial charge >= 0.3 is 0 Å². The van der Waals surface area contributed by atoms with E-state index in [0.29, 0.717) is 18.7 Å². The van der Waals surface area contributed by atoms with E-state index in [1.54, 1.807) is 16.2 Å². The van der Waals surface area contributed by atoms with E-state index in [-0.39, 0.29) is 24.4 Å². The van der Waals surface area contributed by atoms with E-state index >= 15 is 0 Å². The molecule has 0 radical (unpaired) electrons. The largest absolute Gasteiger partial charge is 0.330 e. The number of carbonyl (C=O) groups is 2. The molecule has 5 heteroatoms. The minimum atomic E-state index is -0.103. The van der Waals surface area contributed by atoms with Gasteiger partial charge in [-0.1, -0.05) is 69.5 Å². The number of hydrogen-bond acceptors (Lipinski definition) is 3. The zero-order valence-electron chi connectivity index (χ0n) is 22.5. The highest BCUT2D eigenvalue weighted by atomic mass is 32.1. The summed E-state index contributed by atoms with van der Waals surface area (Å²) in [4.78, 5) is 32.5. The predicted molar refractivity (Wildman–Crippen MR) is 153 cm³/mol. The number of nitrogens with zero attached hydrogens (tertiary/aromatic N) is 2. The molecule has 0 bridgehead atoms. The standard InChI is InChI=1S/C32H40N2O2S/c1-4-6-8-12-25-14-16-26(17-15-25)32(36)33(20-7-5-2)23-30(35)34-21-18-29-28(19-22-37-29)31(34)27-13-10-9-11-24(27)3/h9-11,13-17,19,22,31H,4-8,12,18,20-21,23H2,1-3H3/t31-/m0/s1. The van der Waals surface area contributed by atoms with Crippen LogP contribution in [0.15, 0.2) is 60.0 Å². The van der Waals surface area contributed by atoms with Crippen molar-refractivity contribution in [1.82, 2.24) is 9.80 Å². The maximum Gasteiger partial charge on any atom is 0.254 e. The summed E-state index contributed by atoms with van der Waals surface area (Å²) < 4.78 is 0. The number of aryl methyl sites for hydroxylation is 2. The Bertz CT molecular complexity index is 1180. The first-order valence-corrected chi connectivity index (χ1v) is 14.7. The normalized spacial score (nSPS) is 14.9. The van der Waals surface area contributed by atoms with Crippen molar-refractivity contribution in [2.45, 2.75) is 71.8 Å². The number of fused-ring (bicyclic) bond motifs is 1. The Hall–Kier alpha value is -2.92. The number of unbranched alkanes of at least 4 members (excludes halogenated alkanes) is 3. The third kappa shape index (κ3) is 6.51. The topological polar surface area (TPSA) is 40.6 Å². The van der Waals surface area contributed by atoms with Crippen molar-refractivity contribution in [1.29, 1.82) is 0 Å². The monoisotopic (exact) mass is 516 g/mol. The Morgan fingerprint density at radius 1 is 0.946 bits per heavy atom. The van der Waals surface area contributed by atoms with E-state index in [0.717, 1.165) is 25.7 Å². The third-order valence-electron chi connectivity index (χ3n) is 7.43. The second-order valence-corrected chi connectivity index (χ2v) is 11.1. The highest BCUT2D eigenvalue weighted by Crippen LogP contribution is 2.39. The molecule has 0 saturated heterocycles. The van der Waals surface area contributed by atoms with Crippen molar-refractivity contribution in [3.63, 3.8) is 0 Å². The molecule has 0 unspecified atom stereocenters. The molecular formula is C32H40N2O2S. The number of benzene rings is 2. The zero-order chi connectivity index (χ0) is 26.2. The molecule has 1 aliphatic rings. The predicted octanol–water partition coefficient (Wildman–Crippen LogP) is 7.21. The lowest BCUT2D eigenvalue weighted by Crippen LogP contribution is -2.47. The molecule has 3 aromatic rings. The SMILES string of the molecule is CCCCCc1ccc(C(=O)N(CCCC)CC(=O)N2CCc3sccc3[C@@H]2c2ccccc2C)cc1. The fourth-order valence-corrected chi connectivity index (χ4v) is 6.15. The number of thiophene rings is 1. The van der Waals surface area contributed by atoms with E-state index in [1.165, 1.54) is 46.4 Å². The summed E-state index contributed by atoms with van der Waals surface area (Å²) in [6.07, 6.45) is 7.35. The van der Waals surface area contributed by atoms with Crippen LogP contribution in [-0.2, 0) is 17.6 Å². The molecule has 0 N–H and O–H groups in total. The molecule has 0 saturated carbocycles. The molecule has 1 atom stereocenters. The summed E-state index contributed by atoms with van der Waals surface area (Å²) >= 11 is 1.78. The van der Waals surface area contributed by atoms with Crippen molar-refractivity contribution in [2.75, 3.05) is 19.6 Å². The molecule has 2 heterocycles. The van der Waals surface area contributed by atoms with Crippen LogP contribution in [0.25, 0.3) is 0 Å². The molecule has 4 nitrogen and oxygen atoms in total. The van der Waals surface area contributed by atoms with Gasteiger partial charge in [0.1, 0.15) is 6.54 Å². The first-order chi connectivity index (χ1) is 18.0. The van der Waals surface area contributed by atoms with Gasteiger partial charge in [0.25, 0.3) is 5.91 Å². The Morgan fingerprint density at radius 2 is 1.70 bits per heavy atom. The van der Waals surface area contributed by atoms with Crippen LogP contribution < -0.4 is 0 Å². The maximum atomic E-state index is 13.9. The quantitative estimate of drug-likeness (QED) is 0.253. The third-order valence-corrected chi connectivity index (χ3v) is 8.43. The van der Waals surface area contributed by atoms with Crippen LogP contribution in [0.1, 0.15) is 89.5 Å². The summed E-state index contributed by atoms with van der Waals surface area (Å²) in [7, 11) is 0. The molecule has 2 aromatic carbocycles. The van der Waals surface area contributed by atoms with E-state index in [9.17, 15) is 9.59 Å². The van der Waals surface area contributed by atoms with Gasteiger partial charge in [0.15, 0.2) is 0 Å². The lowest BCUT2D eigenvalue weighted by Gasteiger charge is -2.38. The fraction of sp³-hybridized carbons (Fsp3) is 0.438. The minimum Gasteiger partial charge on any atom is -0.330 e. The number of rotatable bonds is 11. The van der Waals surface area contributed by atoms with E-state index in [2.05, 4.69) is 62.5 Å². The van der Waals surface area contributed by atoms with Gasteiger partial charge in [0, 0.05) is 23.5 Å². The van der Waals surface area contributed by atoms with Crippen LogP contribution in [-0.4, -0.2) is 41.2 Å². The van der Waals surface area contributed by atoms with Crippen LogP contribution in [0.4, 0.5) is 0 Å². The highest BCUT2D eigenvalue weighted by Gasteiger charge is 2.34. The second kappa shape index (κ2) is 13.0. The number of carbonyl (C=O) groups excluding carboxylic acids is 2. The summed E-state index contributed by atoms with van der Waals surface area (Å²) in [5.74, 6) is -0.0340. The Balaban J connectivity index is 1.54. The molecule has 0 aliphatic carbocycles. The van der Waals surface area contributed by atoms with Crippen molar-refractivity contribution in [3.8, 4) is 0 Å². The van der Waals surface area contributed by atoms with Gasteiger partial charge in [0.2, 0.25) is 5.91 Å². The average Bonchev–Trinajstić information content (AvgIpc) is 3.40. The number of amides is 2. The van der Waals surface area contributed by atoms with Crippen molar-refractivity contribution >= 4 is 23.2 Å². The van der Waals surface area contributed by atoms with Crippen molar-refractivity contribution < 1.29 is 9.59 Å². The minimum absolute atomic E-state index is 0.0192. The average molecular weight is 517 g/mol. The molecule has 1 aliphatic heterocycles. The van der Waals surface area contributed by atoms with Gasteiger partial charge in [-0.05, 0) is 78.4 Å². The van der Waals surface area contributed by atoms with Gasteiger partial charge < -0.3 is 9.80 Å². The van der Waals surface area contributed by atoms with Gasteiger partial charge in [-0.3, -0.25) is 9.59 Å². The van der Waals surface area contributed by atoms with Crippen LogP contribution in [0, 0.1) is 6.92 Å². The van der Waals surface area contributed by atoms with Crippen molar-refractivity contribution in [3.05, 3.63) is 92.7 Å².